The van der Waals surface area contributed by atoms with Crippen molar-refractivity contribution in [3.63, 3.8) is 0 Å². The number of ether oxygens (including phenoxy) is 1. The van der Waals surface area contributed by atoms with E-state index >= 15 is 0 Å². The fraction of sp³-hybridized carbons (Fsp3) is 0.529. The summed E-state index contributed by atoms with van der Waals surface area (Å²) in [6, 6.07) is 6.07. The van der Waals surface area contributed by atoms with Crippen LogP contribution < -0.4 is 9.64 Å². The molecule has 1 aliphatic heterocycles. The van der Waals surface area contributed by atoms with Crippen molar-refractivity contribution in [3.8, 4) is 5.75 Å². The Hall–Kier alpha value is -1.84. The molecule has 1 saturated carbocycles. The number of hydrogen-bond donors (Lipinski definition) is 0. The van der Waals surface area contributed by atoms with Crippen molar-refractivity contribution in [1.82, 2.24) is 9.97 Å². The highest BCUT2D eigenvalue weighted by atomic mass is 16.5. The second-order valence-electron chi connectivity index (χ2n) is 6.50. The molecular weight excluding hydrogens is 262 g/mol. The minimum atomic E-state index is 0.586. The van der Waals surface area contributed by atoms with E-state index < -0.39 is 0 Å². The van der Waals surface area contributed by atoms with Crippen molar-refractivity contribution in [2.75, 3.05) is 25.1 Å². The topological polar surface area (TPSA) is 38.3 Å². The van der Waals surface area contributed by atoms with Gasteiger partial charge in [-0.15, -0.1) is 0 Å². The van der Waals surface area contributed by atoms with Crippen LogP contribution in [-0.4, -0.2) is 30.2 Å². The smallest absolute Gasteiger partial charge is 0.140 e. The van der Waals surface area contributed by atoms with Gasteiger partial charge in [-0.1, -0.05) is 0 Å². The van der Waals surface area contributed by atoms with Crippen LogP contribution in [0, 0.1) is 12.3 Å². The summed E-state index contributed by atoms with van der Waals surface area (Å²) >= 11 is 0. The largest absolute Gasteiger partial charge is 0.497 e. The SMILES string of the molecule is COc1ccc2nc(C)nc(N3CCCC4(CC4)C3)c2c1. The van der Waals surface area contributed by atoms with Crippen LogP contribution in [0.3, 0.4) is 0 Å². The Morgan fingerprint density at radius 3 is 2.81 bits per heavy atom. The molecule has 4 rings (SSSR count). The maximum atomic E-state index is 5.37. The highest BCUT2D eigenvalue weighted by molar-refractivity contribution is 5.90. The van der Waals surface area contributed by atoms with Gasteiger partial charge in [0.1, 0.15) is 17.4 Å². The molecule has 4 nitrogen and oxygen atoms in total. The lowest BCUT2D eigenvalue weighted by atomic mass is 9.95. The minimum Gasteiger partial charge on any atom is -0.497 e. The molecule has 21 heavy (non-hydrogen) atoms. The second kappa shape index (κ2) is 4.58. The molecular formula is C17H21N3O. The molecule has 110 valence electrons. The molecule has 0 bridgehead atoms. The summed E-state index contributed by atoms with van der Waals surface area (Å²) in [5, 5.41) is 1.11. The van der Waals surface area contributed by atoms with E-state index in [-0.39, 0.29) is 0 Å². The summed E-state index contributed by atoms with van der Waals surface area (Å²) in [5.41, 5.74) is 1.59. The van der Waals surface area contributed by atoms with E-state index in [0.717, 1.165) is 41.4 Å². The number of nitrogens with zero attached hydrogens (tertiary/aromatic N) is 3. The number of fused-ring (bicyclic) bond motifs is 1. The van der Waals surface area contributed by atoms with Crippen LogP contribution in [-0.2, 0) is 0 Å². The van der Waals surface area contributed by atoms with Gasteiger partial charge in [-0.25, -0.2) is 9.97 Å². The number of aromatic nitrogens is 2. The predicted octanol–water partition coefficient (Wildman–Crippen LogP) is 3.33. The zero-order chi connectivity index (χ0) is 14.4. The molecule has 1 aromatic carbocycles. The number of methoxy groups -OCH3 is 1. The fourth-order valence-corrected chi connectivity index (χ4v) is 3.55. The first-order valence-corrected chi connectivity index (χ1v) is 7.77. The number of benzene rings is 1. The highest BCUT2D eigenvalue weighted by Crippen LogP contribution is 2.52. The number of piperidine rings is 1. The summed E-state index contributed by atoms with van der Waals surface area (Å²) < 4.78 is 5.37. The summed E-state index contributed by atoms with van der Waals surface area (Å²) in [7, 11) is 1.70. The van der Waals surface area contributed by atoms with Gasteiger partial charge in [-0.05, 0) is 56.2 Å². The Morgan fingerprint density at radius 2 is 2.05 bits per heavy atom. The van der Waals surface area contributed by atoms with Crippen molar-refractivity contribution in [2.24, 2.45) is 5.41 Å². The van der Waals surface area contributed by atoms with Crippen LogP contribution >= 0.6 is 0 Å². The van der Waals surface area contributed by atoms with E-state index in [1.54, 1.807) is 7.11 Å². The maximum absolute atomic E-state index is 5.37. The first-order valence-electron chi connectivity index (χ1n) is 7.77. The second-order valence-corrected chi connectivity index (χ2v) is 6.50. The van der Waals surface area contributed by atoms with Gasteiger partial charge in [0.25, 0.3) is 0 Å². The Morgan fingerprint density at radius 1 is 1.19 bits per heavy atom. The summed E-state index contributed by atoms with van der Waals surface area (Å²) in [4.78, 5) is 11.8. The molecule has 4 heteroatoms. The molecule has 1 spiro atoms. The third-order valence-corrected chi connectivity index (χ3v) is 4.91. The van der Waals surface area contributed by atoms with Crippen molar-refractivity contribution < 1.29 is 4.74 Å². The molecule has 1 saturated heterocycles. The fourth-order valence-electron chi connectivity index (χ4n) is 3.55. The average Bonchev–Trinajstić information content (AvgIpc) is 3.24. The maximum Gasteiger partial charge on any atom is 0.140 e. The molecule has 2 aliphatic rings. The Bertz CT molecular complexity index is 694. The average molecular weight is 283 g/mol. The van der Waals surface area contributed by atoms with Crippen molar-refractivity contribution in [3.05, 3.63) is 24.0 Å². The van der Waals surface area contributed by atoms with Crippen LogP contribution in [0.2, 0.25) is 0 Å². The number of rotatable bonds is 2. The van der Waals surface area contributed by atoms with Crippen LogP contribution in [0.5, 0.6) is 5.75 Å². The standard InChI is InChI=1S/C17H21N3O/c1-12-18-15-5-4-13(21-2)10-14(15)16(19-12)20-9-3-6-17(11-20)7-8-17/h4-5,10H,3,6-9,11H2,1-2H3. The lowest BCUT2D eigenvalue weighted by Gasteiger charge is -2.34. The van der Waals surface area contributed by atoms with Gasteiger partial charge < -0.3 is 9.64 Å². The van der Waals surface area contributed by atoms with Crippen LogP contribution in [0.1, 0.15) is 31.5 Å². The van der Waals surface area contributed by atoms with Gasteiger partial charge in [0, 0.05) is 18.5 Å². The predicted molar refractivity (Wildman–Crippen MR) is 83.9 cm³/mol. The Labute approximate surface area is 125 Å². The zero-order valence-corrected chi connectivity index (χ0v) is 12.7. The van der Waals surface area contributed by atoms with Gasteiger partial charge in [0.15, 0.2) is 0 Å². The molecule has 1 aliphatic carbocycles. The van der Waals surface area contributed by atoms with E-state index in [9.17, 15) is 0 Å². The van der Waals surface area contributed by atoms with Crippen molar-refractivity contribution >= 4 is 16.7 Å². The first-order chi connectivity index (χ1) is 10.2. The number of hydrogen-bond acceptors (Lipinski definition) is 4. The van der Waals surface area contributed by atoms with Gasteiger partial charge in [0.05, 0.1) is 12.6 Å². The van der Waals surface area contributed by atoms with Gasteiger partial charge in [0.2, 0.25) is 0 Å². The quantitative estimate of drug-likeness (QED) is 0.847. The molecule has 0 amide bonds. The molecule has 0 radical (unpaired) electrons. The van der Waals surface area contributed by atoms with E-state index in [1.807, 2.05) is 19.1 Å². The summed E-state index contributed by atoms with van der Waals surface area (Å²) in [6.45, 7) is 4.23. The lowest BCUT2D eigenvalue weighted by molar-refractivity contribution is 0.394. The molecule has 0 atom stereocenters. The normalized spacial score (nSPS) is 20.0. The minimum absolute atomic E-state index is 0.586. The van der Waals surface area contributed by atoms with E-state index in [2.05, 4.69) is 16.0 Å². The zero-order valence-electron chi connectivity index (χ0n) is 12.7. The first kappa shape index (κ1) is 12.9. The van der Waals surface area contributed by atoms with Crippen LogP contribution in [0.15, 0.2) is 18.2 Å². The van der Waals surface area contributed by atoms with Crippen LogP contribution in [0.25, 0.3) is 10.9 Å². The van der Waals surface area contributed by atoms with Crippen molar-refractivity contribution in [1.29, 1.82) is 0 Å². The van der Waals surface area contributed by atoms with Crippen molar-refractivity contribution in [2.45, 2.75) is 32.6 Å². The van der Waals surface area contributed by atoms with E-state index in [4.69, 9.17) is 9.72 Å². The van der Waals surface area contributed by atoms with Gasteiger partial charge in [-0.3, -0.25) is 0 Å². The van der Waals surface area contributed by atoms with E-state index in [0.29, 0.717) is 5.41 Å². The lowest BCUT2D eigenvalue weighted by Crippen LogP contribution is -2.37. The third-order valence-electron chi connectivity index (χ3n) is 4.91. The molecule has 0 unspecified atom stereocenters. The molecule has 2 heterocycles. The number of anilines is 1. The van der Waals surface area contributed by atoms with E-state index in [1.165, 1.54) is 25.7 Å². The molecule has 2 fully saturated rings. The van der Waals surface area contributed by atoms with Gasteiger partial charge >= 0.3 is 0 Å². The molecule has 0 N–H and O–H groups in total. The molecule has 1 aromatic heterocycles. The third kappa shape index (κ3) is 2.23. The highest BCUT2D eigenvalue weighted by Gasteiger charge is 2.45. The van der Waals surface area contributed by atoms with Gasteiger partial charge in [-0.2, -0.15) is 0 Å². The summed E-state index contributed by atoms with van der Waals surface area (Å²) in [6.07, 6.45) is 5.42. The molecule has 2 aromatic rings. The summed E-state index contributed by atoms with van der Waals surface area (Å²) in [5.74, 6) is 2.80. The Balaban J connectivity index is 1.82. The monoisotopic (exact) mass is 283 g/mol. The Kier molecular flexibility index (Phi) is 2.81. The van der Waals surface area contributed by atoms with Crippen LogP contribution in [0.4, 0.5) is 5.82 Å². The number of aryl methyl sites for hydroxylation is 1.